The van der Waals surface area contributed by atoms with Crippen LogP contribution in [0, 0.1) is 0 Å². The Morgan fingerprint density at radius 1 is 0.952 bits per heavy atom. The van der Waals surface area contributed by atoms with E-state index in [0.29, 0.717) is 22.1 Å². The number of halogens is 1. The van der Waals surface area contributed by atoms with E-state index in [4.69, 9.17) is 34.3 Å². The molecule has 3 aromatic rings. The smallest absolute Gasteiger partial charge is 0.139 e. The van der Waals surface area contributed by atoms with E-state index in [9.17, 15) is 0 Å². The Morgan fingerprint density at radius 3 is 2.48 bits per heavy atom. The van der Waals surface area contributed by atoms with E-state index in [0.717, 1.165) is 10.8 Å². The van der Waals surface area contributed by atoms with Crippen LogP contribution in [0.5, 0.6) is 11.5 Å². The van der Waals surface area contributed by atoms with Crippen molar-refractivity contribution in [2.45, 2.75) is 0 Å². The van der Waals surface area contributed by atoms with Gasteiger partial charge in [0, 0.05) is 0 Å². The highest BCUT2D eigenvalue weighted by molar-refractivity contribution is 7.80. The van der Waals surface area contributed by atoms with Crippen molar-refractivity contribution in [3.8, 4) is 11.5 Å². The number of ether oxygens (including phenoxy) is 1. The van der Waals surface area contributed by atoms with Crippen LogP contribution in [0.1, 0.15) is 5.56 Å². The van der Waals surface area contributed by atoms with Gasteiger partial charge in [-0.2, -0.15) is 0 Å². The van der Waals surface area contributed by atoms with Gasteiger partial charge in [0.2, 0.25) is 0 Å². The van der Waals surface area contributed by atoms with Gasteiger partial charge in [0.05, 0.1) is 10.6 Å². The first-order chi connectivity index (χ1) is 10.1. The molecular weight excluding hydrogens is 302 g/mol. The molecule has 0 saturated heterocycles. The fraction of sp³-hybridized carbons (Fsp3) is 0. The number of rotatable bonds is 3. The summed E-state index contributed by atoms with van der Waals surface area (Å²) in [5.74, 6) is 1.28. The maximum absolute atomic E-state index is 6.14. The zero-order valence-electron chi connectivity index (χ0n) is 11.0. The van der Waals surface area contributed by atoms with Crippen molar-refractivity contribution in [1.82, 2.24) is 0 Å². The number of nitrogens with two attached hydrogens (primary N) is 1. The standard InChI is InChI=1S/C17H12ClNOS/c18-14-6-3-7-15(16(14)17(19)21)20-13-9-8-11-4-1-2-5-12(11)10-13/h1-10H,(H2,19,21). The summed E-state index contributed by atoms with van der Waals surface area (Å²) in [6.45, 7) is 0. The van der Waals surface area contributed by atoms with Gasteiger partial charge in [0.1, 0.15) is 16.5 Å². The first-order valence-corrected chi connectivity index (χ1v) is 7.19. The van der Waals surface area contributed by atoms with E-state index in [1.165, 1.54) is 0 Å². The molecule has 0 radical (unpaired) electrons. The van der Waals surface area contributed by atoms with Crippen molar-refractivity contribution in [1.29, 1.82) is 0 Å². The molecule has 0 aliphatic rings. The highest BCUT2D eigenvalue weighted by atomic mass is 35.5. The second kappa shape index (κ2) is 5.72. The molecule has 0 spiro atoms. The second-order valence-corrected chi connectivity index (χ2v) is 5.44. The van der Waals surface area contributed by atoms with E-state index in [-0.39, 0.29) is 4.99 Å². The minimum Gasteiger partial charge on any atom is -0.457 e. The average Bonchev–Trinajstić information content (AvgIpc) is 2.47. The molecule has 21 heavy (non-hydrogen) atoms. The normalized spacial score (nSPS) is 10.5. The SMILES string of the molecule is NC(=S)c1c(Cl)cccc1Oc1ccc2ccccc2c1. The molecule has 0 bridgehead atoms. The van der Waals surface area contributed by atoms with Gasteiger partial charge >= 0.3 is 0 Å². The summed E-state index contributed by atoms with van der Waals surface area (Å²) >= 11 is 11.2. The van der Waals surface area contributed by atoms with E-state index in [1.54, 1.807) is 18.2 Å². The monoisotopic (exact) mass is 313 g/mol. The van der Waals surface area contributed by atoms with Gasteiger partial charge in [-0.1, -0.05) is 60.2 Å². The van der Waals surface area contributed by atoms with E-state index in [1.807, 2.05) is 36.4 Å². The molecule has 0 saturated carbocycles. The number of hydrogen-bond acceptors (Lipinski definition) is 2. The Balaban J connectivity index is 2.02. The van der Waals surface area contributed by atoms with E-state index in [2.05, 4.69) is 6.07 Å². The lowest BCUT2D eigenvalue weighted by Gasteiger charge is -2.12. The van der Waals surface area contributed by atoms with Gasteiger partial charge in [-0.05, 0) is 35.0 Å². The lowest BCUT2D eigenvalue weighted by atomic mass is 10.1. The Morgan fingerprint density at radius 2 is 1.71 bits per heavy atom. The molecule has 0 unspecified atom stereocenters. The molecule has 0 aromatic heterocycles. The Hall–Kier alpha value is -2.10. The molecule has 2 nitrogen and oxygen atoms in total. The predicted octanol–water partition coefficient (Wildman–Crippen LogP) is 4.92. The van der Waals surface area contributed by atoms with E-state index >= 15 is 0 Å². The predicted molar refractivity (Wildman–Crippen MR) is 91.4 cm³/mol. The first kappa shape index (κ1) is 13.9. The first-order valence-electron chi connectivity index (χ1n) is 6.40. The summed E-state index contributed by atoms with van der Waals surface area (Å²) in [6, 6.07) is 19.3. The molecule has 2 N–H and O–H groups in total. The maximum Gasteiger partial charge on any atom is 0.139 e. The van der Waals surface area contributed by atoms with Gasteiger partial charge in [-0.3, -0.25) is 0 Å². The van der Waals surface area contributed by atoms with Gasteiger partial charge < -0.3 is 10.5 Å². The number of hydrogen-bond donors (Lipinski definition) is 1. The summed E-state index contributed by atoms with van der Waals surface area (Å²) in [4.78, 5) is 0.219. The van der Waals surface area contributed by atoms with Crippen LogP contribution in [0.4, 0.5) is 0 Å². The molecule has 4 heteroatoms. The van der Waals surface area contributed by atoms with Gasteiger partial charge in [-0.15, -0.1) is 0 Å². The van der Waals surface area contributed by atoms with Crippen LogP contribution in [-0.2, 0) is 0 Å². The molecular formula is C17H12ClNOS. The topological polar surface area (TPSA) is 35.2 Å². The van der Waals surface area contributed by atoms with Crippen molar-refractivity contribution in [2.24, 2.45) is 5.73 Å². The number of thiocarbonyl (C=S) groups is 1. The molecule has 0 aliphatic heterocycles. The minimum absolute atomic E-state index is 0.219. The van der Waals surface area contributed by atoms with Crippen LogP contribution in [0.2, 0.25) is 5.02 Å². The average molecular weight is 314 g/mol. The van der Waals surface area contributed by atoms with Gasteiger partial charge in [-0.25, -0.2) is 0 Å². The number of fused-ring (bicyclic) bond motifs is 1. The lowest BCUT2D eigenvalue weighted by molar-refractivity contribution is 0.482. The quantitative estimate of drug-likeness (QED) is 0.697. The van der Waals surface area contributed by atoms with Crippen molar-refractivity contribution in [3.05, 3.63) is 71.2 Å². The Bertz CT molecular complexity index is 832. The molecule has 0 atom stereocenters. The van der Waals surface area contributed by atoms with Crippen LogP contribution in [0.15, 0.2) is 60.7 Å². The largest absolute Gasteiger partial charge is 0.457 e. The summed E-state index contributed by atoms with van der Waals surface area (Å²) < 4.78 is 5.91. The fourth-order valence-corrected chi connectivity index (χ4v) is 2.72. The highest BCUT2D eigenvalue weighted by Crippen LogP contribution is 2.31. The van der Waals surface area contributed by atoms with Crippen molar-refractivity contribution >= 4 is 39.6 Å². The molecule has 0 amide bonds. The van der Waals surface area contributed by atoms with Crippen LogP contribution in [0.3, 0.4) is 0 Å². The zero-order chi connectivity index (χ0) is 14.8. The third-order valence-electron chi connectivity index (χ3n) is 3.17. The Labute approximate surface area is 133 Å². The third-order valence-corrected chi connectivity index (χ3v) is 3.69. The van der Waals surface area contributed by atoms with Crippen molar-refractivity contribution in [3.63, 3.8) is 0 Å². The minimum atomic E-state index is 0.219. The van der Waals surface area contributed by atoms with Crippen LogP contribution in [0.25, 0.3) is 10.8 Å². The summed E-state index contributed by atoms with van der Waals surface area (Å²) in [6.07, 6.45) is 0. The lowest BCUT2D eigenvalue weighted by Crippen LogP contribution is -2.11. The molecule has 104 valence electrons. The maximum atomic E-state index is 6.14. The summed E-state index contributed by atoms with van der Waals surface area (Å²) in [5.41, 5.74) is 6.28. The van der Waals surface area contributed by atoms with Gasteiger partial charge in [0.15, 0.2) is 0 Å². The van der Waals surface area contributed by atoms with Crippen LogP contribution in [-0.4, -0.2) is 4.99 Å². The van der Waals surface area contributed by atoms with Crippen LogP contribution < -0.4 is 10.5 Å². The number of benzene rings is 3. The summed E-state index contributed by atoms with van der Waals surface area (Å²) in [7, 11) is 0. The summed E-state index contributed by atoms with van der Waals surface area (Å²) in [5, 5.41) is 2.75. The molecule has 0 aliphatic carbocycles. The molecule has 0 heterocycles. The second-order valence-electron chi connectivity index (χ2n) is 4.59. The van der Waals surface area contributed by atoms with Crippen molar-refractivity contribution < 1.29 is 4.74 Å². The molecule has 3 aromatic carbocycles. The Kier molecular flexibility index (Phi) is 3.78. The van der Waals surface area contributed by atoms with E-state index < -0.39 is 0 Å². The van der Waals surface area contributed by atoms with Crippen LogP contribution >= 0.6 is 23.8 Å². The zero-order valence-corrected chi connectivity index (χ0v) is 12.6. The highest BCUT2D eigenvalue weighted by Gasteiger charge is 2.11. The third kappa shape index (κ3) is 2.84. The molecule has 0 fully saturated rings. The van der Waals surface area contributed by atoms with Gasteiger partial charge in [0.25, 0.3) is 0 Å². The fourth-order valence-electron chi connectivity index (χ4n) is 2.19. The van der Waals surface area contributed by atoms with Crippen molar-refractivity contribution in [2.75, 3.05) is 0 Å². The molecule has 3 rings (SSSR count).